The third-order valence-electron chi connectivity index (χ3n) is 5.96. The van der Waals surface area contributed by atoms with Crippen molar-refractivity contribution in [2.45, 2.75) is 37.6 Å². The summed E-state index contributed by atoms with van der Waals surface area (Å²) in [6, 6.07) is 8.51. The molecule has 0 aromatic heterocycles. The Hall–Kier alpha value is -2.77. The Morgan fingerprint density at radius 1 is 1.25 bits per heavy atom. The van der Waals surface area contributed by atoms with Gasteiger partial charge in [-0.3, -0.25) is 10.1 Å². The van der Waals surface area contributed by atoms with E-state index < -0.39 is 5.54 Å². The number of hydrogen-bond acceptors (Lipinski definition) is 5. The average Bonchev–Trinajstić information content (AvgIpc) is 2.98. The van der Waals surface area contributed by atoms with Gasteiger partial charge in [0.2, 0.25) is 0 Å². The summed E-state index contributed by atoms with van der Waals surface area (Å²) in [5.74, 6) is 0.0362. The molecule has 4 rings (SSSR count). The highest BCUT2D eigenvalue weighted by molar-refractivity contribution is 6.06. The lowest BCUT2D eigenvalue weighted by Gasteiger charge is -2.35. The van der Waals surface area contributed by atoms with Gasteiger partial charge in [-0.2, -0.15) is 0 Å². The van der Waals surface area contributed by atoms with E-state index in [4.69, 9.17) is 5.73 Å². The highest BCUT2D eigenvalue weighted by Gasteiger charge is 2.45. The van der Waals surface area contributed by atoms with Crippen molar-refractivity contribution in [3.63, 3.8) is 0 Å². The van der Waals surface area contributed by atoms with E-state index in [1.54, 1.807) is 4.90 Å². The number of benzene rings is 1. The van der Waals surface area contributed by atoms with Crippen molar-refractivity contribution in [2.24, 2.45) is 10.7 Å². The molecule has 28 heavy (non-hydrogen) atoms. The Morgan fingerprint density at radius 2 is 2.04 bits per heavy atom. The number of piperidine rings is 1. The molecule has 1 fully saturated rings. The minimum absolute atomic E-state index is 0.0655. The number of amides is 3. The predicted molar refractivity (Wildman–Crippen MR) is 108 cm³/mol. The van der Waals surface area contributed by atoms with Crippen molar-refractivity contribution in [1.29, 1.82) is 0 Å². The van der Waals surface area contributed by atoms with Crippen molar-refractivity contribution in [3.05, 3.63) is 29.8 Å². The molecule has 4 N–H and O–H groups in total. The number of rotatable bonds is 4. The predicted octanol–water partition coefficient (Wildman–Crippen LogP) is 0.818. The quantitative estimate of drug-likeness (QED) is 0.669. The number of carbonyl (C=O) groups excluding carboxylic acids is 2. The summed E-state index contributed by atoms with van der Waals surface area (Å²) >= 11 is 0. The zero-order valence-electron chi connectivity index (χ0n) is 16.1. The molecule has 8 heteroatoms. The Morgan fingerprint density at radius 3 is 2.79 bits per heavy atom. The maximum atomic E-state index is 12.4. The molecule has 0 aliphatic carbocycles. The van der Waals surface area contributed by atoms with Crippen molar-refractivity contribution >= 4 is 23.6 Å². The van der Waals surface area contributed by atoms with Crippen LogP contribution in [0.4, 0.5) is 10.5 Å². The van der Waals surface area contributed by atoms with Gasteiger partial charge in [0.05, 0.1) is 0 Å². The second-order valence-corrected chi connectivity index (χ2v) is 7.77. The van der Waals surface area contributed by atoms with E-state index >= 15 is 0 Å². The first-order chi connectivity index (χ1) is 13.6. The number of anilines is 1. The molecule has 8 nitrogen and oxygen atoms in total. The summed E-state index contributed by atoms with van der Waals surface area (Å²) < 4.78 is 0. The molecule has 3 heterocycles. The monoisotopic (exact) mass is 384 g/mol. The zero-order valence-corrected chi connectivity index (χ0v) is 16.1. The molecule has 0 bridgehead atoms. The number of nitrogens with two attached hydrogens (primary N) is 1. The van der Waals surface area contributed by atoms with Crippen LogP contribution in [0, 0.1) is 0 Å². The first kappa shape index (κ1) is 18.6. The Balaban J connectivity index is 1.21. The number of hydrogen-bond donors (Lipinski definition) is 3. The van der Waals surface area contributed by atoms with Gasteiger partial charge in [-0.1, -0.05) is 18.2 Å². The third-order valence-corrected chi connectivity index (χ3v) is 5.96. The molecule has 1 saturated heterocycles. The number of urea groups is 1. The first-order valence-corrected chi connectivity index (χ1v) is 10.1. The second kappa shape index (κ2) is 7.69. The van der Waals surface area contributed by atoms with E-state index in [2.05, 4.69) is 44.8 Å². The molecule has 3 amide bonds. The first-order valence-electron chi connectivity index (χ1n) is 10.1. The summed E-state index contributed by atoms with van der Waals surface area (Å²) in [4.78, 5) is 32.9. The van der Waals surface area contributed by atoms with Crippen LogP contribution in [0.3, 0.4) is 0 Å². The lowest BCUT2D eigenvalue weighted by atomic mass is 9.88. The van der Waals surface area contributed by atoms with Crippen LogP contribution in [-0.4, -0.2) is 61.1 Å². The summed E-state index contributed by atoms with van der Waals surface area (Å²) in [5.41, 5.74) is 7.59. The average molecular weight is 384 g/mol. The number of nitrogens with zero attached hydrogens (tertiary/aromatic N) is 3. The number of fused-ring (bicyclic) bond motifs is 1. The van der Waals surface area contributed by atoms with Gasteiger partial charge in [0.25, 0.3) is 5.91 Å². The number of para-hydroxylation sites is 1. The maximum Gasteiger partial charge on any atom is 0.317 e. The highest BCUT2D eigenvalue weighted by Crippen LogP contribution is 2.29. The van der Waals surface area contributed by atoms with Crippen molar-refractivity contribution < 1.29 is 9.59 Å². The van der Waals surface area contributed by atoms with Gasteiger partial charge in [-0.05, 0) is 43.7 Å². The molecule has 3 aliphatic heterocycles. The molecule has 1 aromatic rings. The number of likely N-dealkylation sites (tertiary alicyclic amines) is 1. The fourth-order valence-corrected chi connectivity index (χ4v) is 4.38. The zero-order chi connectivity index (χ0) is 19.6. The number of carbonyl (C=O) groups is 2. The lowest BCUT2D eigenvalue weighted by Crippen LogP contribution is -2.52. The van der Waals surface area contributed by atoms with Crippen LogP contribution >= 0.6 is 0 Å². The van der Waals surface area contributed by atoms with Crippen LogP contribution in [0.25, 0.3) is 0 Å². The molecular weight excluding hydrogens is 356 g/mol. The SMILES string of the molecule is NC1=NC2(CCN(C(=O)NCCCN3CCCc4ccccc43)CC2)C(=O)N1. The summed E-state index contributed by atoms with van der Waals surface area (Å²) in [7, 11) is 0. The van der Waals surface area contributed by atoms with Crippen molar-refractivity contribution in [3.8, 4) is 0 Å². The largest absolute Gasteiger partial charge is 0.371 e. The molecule has 0 atom stereocenters. The van der Waals surface area contributed by atoms with E-state index in [-0.39, 0.29) is 17.9 Å². The fraction of sp³-hybridized carbons (Fsp3) is 0.550. The Kier molecular flexibility index (Phi) is 5.11. The summed E-state index contributed by atoms with van der Waals surface area (Å²) in [6.07, 6.45) is 4.25. The van der Waals surface area contributed by atoms with Crippen molar-refractivity contribution in [1.82, 2.24) is 15.5 Å². The van der Waals surface area contributed by atoms with Gasteiger partial charge in [0.1, 0.15) is 5.54 Å². The normalized spacial score (nSPS) is 20.6. The minimum Gasteiger partial charge on any atom is -0.371 e. The third kappa shape index (κ3) is 3.63. The molecule has 3 aliphatic rings. The number of aliphatic imine (C=N–C) groups is 1. The molecule has 150 valence electrons. The fourth-order valence-electron chi connectivity index (χ4n) is 4.38. The Bertz CT molecular complexity index is 785. The van der Waals surface area contributed by atoms with E-state index in [1.165, 1.54) is 17.7 Å². The Labute approximate surface area is 165 Å². The molecule has 0 unspecified atom stereocenters. The van der Waals surface area contributed by atoms with E-state index in [9.17, 15) is 9.59 Å². The van der Waals surface area contributed by atoms with E-state index in [1.807, 2.05) is 0 Å². The van der Waals surface area contributed by atoms with Crippen molar-refractivity contribution in [2.75, 3.05) is 37.6 Å². The van der Waals surface area contributed by atoms with Crippen LogP contribution in [0.2, 0.25) is 0 Å². The lowest BCUT2D eigenvalue weighted by molar-refractivity contribution is -0.125. The highest BCUT2D eigenvalue weighted by atomic mass is 16.2. The standard InChI is InChI=1S/C20H28N6O2/c21-18-23-17(27)20(24-18)8-13-26(14-9-20)19(28)22-10-4-12-25-11-3-6-15-5-1-2-7-16(15)25/h1-2,5,7H,3-4,6,8-14H2,(H,22,28)(H3,21,23,24,27). The summed E-state index contributed by atoms with van der Waals surface area (Å²) in [6.45, 7) is 3.68. The van der Waals surface area contributed by atoms with Gasteiger partial charge in [0.15, 0.2) is 5.96 Å². The van der Waals surface area contributed by atoms with Crippen LogP contribution in [0.1, 0.15) is 31.2 Å². The van der Waals surface area contributed by atoms with Crippen LogP contribution in [-0.2, 0) is 11.2 Å². The molecule has 0 radical (unpaired) electrons. The molecule has 1 aromatic carbocycles. The van der Waals surface area contributed by atoms with Gasteiger partial charge in [0, 0.05) is 38.4 Å². The topological polar surface area (TPSA) is 103 Å². The van der Waals surface area contributed by atoms with E-state index in [0.717, 1.165) is 25.9 Å². The second-order valence-electron chi connectivity index (χ2n) is 7.77. The maximum absolute atomic E-state index is 12.4. The van der Waals surface area contributed by atoms with Crippen LogP contribution in [0.5, 0.6) is 0 Å². The van der Waals surface area contributed by atoms with Crippen LogP contribution in [0.15, 0.2) is 29.3 Å². The van der Waals surface area contributed by atoms with E-state index in [0.29, 0.717) is 32.5 Å². The van der Waals surface area contributed by atoms with Gasteiger partial charge < -0.3 is 20.9 Å². The molecular formula is C20H28N6O2. The van der Waals surface area contributed by atoms with Gasteiger partial charge in [-0.25, -0.2) is 9.79 Å². The van der Waals surface area contributed by atoms with Gasteiger partial charge >= 0.3 is 6.03 Å². The smallest absolute Gasteiger partial charge is 0.317 e. The molecule has 1 spiro atoms. The number of guanidine groups is 1. The molecule has 0 saturated carbocycles. The summed E-state index contributed by atoms with van der Waals surface area (Å²) in [5, 5.41) is 5.58. The van der Waals surface area contributed by atoms with Gasteiger partial charge in [-0.15, -0.1) is 0 Å². The number of aryl methyl sites for hydroxylation is 1. The number of nitrogens with one attached hydrogen (secondary N) is 2. The van der Waals surface area contributed by atoms with Crippen LogP contribution < -0.4 is 21.3 Å². The minimum atomic E-state index is -0.775.